The first kappa shape index (κ1) is 29.8. The fourth-order valence-electron chi connectivity index (χ4n) is 6.76. The third kappa shape index (κ3) is 5.05. The molecule has 2 aliphatic rings. The van der Waals surface area contributed by atoms with E-state index in [0.717, 1.165) is 5.56 Å². The molecule has 2 N–H and O–H groups in total. The van der Waals surface area contributed by atoms with E-state index in [4.69, 9.17) is 18.6 Å². The number of furan rings is 1. The highest BCUT2D eigenvalue weighted by Crippen LogP contribution is 2.57. The number of carboxylic acid groups (broad SMARTS) is 1. The third-order valence-corrected chi connectivity index (χ3v) is 8.83. The molecule has 3 aromatic carbocycles. The zero-order chi connectivity index (χ0) is 32.0. The first-order valence-corrected chi connectivity index (χ1v) is 14.6. The van der Waals surface area contributed by atoms with Crippen LogP contribution in [0.3, 0.4) is 0 Å². The smallest absolute Gasteiger partial charge is 0.330 e. The number of ketones is 1. The van der Waals surface area contributed by atoms with Crippen LogP contribution in [0, 0.1) is 26.7 Å². The van der Waals surface area contributed by atoms with Gasteiger partial charge in [0.25, 0.3) is 0 Å². The maximum atomic E-state index is 14.8. The third-order valence-electron chi connectivity index (χ3n) is 8.83. The largest absolute Gasteiger partial charge is 0.497 e. The minimum Gasteiger partial charge on any atom is -0.497 e. The number of aliphatic carboxylic acids is 1. The SMILES string of the molecule is COc1ccc(C2C(C(=O)c3cc(C)oc3C)C(c3ccc4c(c3)OCO4)N(C(=O)Nc3cccc(C)c3)C2(C)C(=O)O)cc1. The number of aryl methyl sites for hydroxylation is 3. The van der Waals surface area contributed by atoms with Crippen LogP contribution in [-0.2, 0) is 4.79 Å². The van der Waals surface area contributed by atoms with E-state index >= 15 is 0 Å². The van der Waals surface area contributed by atoms with Crippen LogP contribution in [-0.4, -0.2) is 47.2 Å². The van der Waals surface area contributed by atoms with Crippen LogP contribution in [0.15, 0.2) is 77.2 Å². The first-order chi connectivity index (χ1) is 21.5. The summed E-state index contributed by atoms with van der Waals surface area (Å²) in [6.45, 7) is 6.87. The number of carbonyl (C=O) groups is 3. The number of hydrogen-bond acceptors (Lipinski definition) is 7. The predicted octanol–water partition coefficient (Wildman–Crippen LogP) is 6.66. The van der Waals surface area contributed by atoms with Crippen molar-refractivity contribution in [1.82, 2.24) is 4.90 Å². The van der Waals surface area contributed by atoms with Gasteiger partial charge in [-0.15, -0.1) is 0 Å². The number of amides is 2. The molecule has 0 saturated carbocycles. The molecule has 1 fully saturated rings. The number of nitrogens with zero attached hydrogens (tertiary/aromatic N) is 1. The van der Waals surface area contributed by atoms with Crippen molar-refractivity contribution < 1.29 is 38.1 Å². The van der Waals surface area contributed by atoms with Crippen LogP contribution in [0.1, 0.15) is 57.5 Å². The fraction of sp³-hybridized carbons (Fsp3) is 0.286. The molecule has 4 aromatic rings. The molecule has 0 radical (unpaired) electrons. The Morgan fingerprint density at radius 2 is 1.64 bits per heavy atom. The van der Waals surface area contributed by atoms with Crippen molar-refractivity contribution in [2.24, 2.45) is 5.92 Å². The number of anilines is 1. The molecule has 1 saturated heterocycles. The first-order valence-electron chi connectivity index (χ1n) is 14.6. The van der Waals surface area contributed by atoms with Gasteiger partial charge in [0.15, 0.2) is 17.3 Å². The molecular formula is C35H34N2O8. The van der Waals surface area contributed by atoms with E-state index in [9.17, 15) is 19.5 Å². The summed E-state index contributed by atoms with van der Waals surface area (Å²) < 4.78 is 22.3. The molecule has 6 rings (SSSR count). The minimum absolute atomic E-state index is 0.0260. The zero-order valence-electron chi connectivity index (χ0n) is 25.6. The lowest BCUT2D eigenvalue weighted by molar-refractivity contribution is -0.148. The van der Waals surface area contributed by atoms with Crippen molar-refractivity contribution in [3.8, 4) is 17.2 Å². The molecular weight excluding hydrogens is 576 g/mol. The molecule has 2 amide bonds. The fourth-order valence-corrected chi connectivity index (χ4v) is 6.76. The van der Waals surface area contributed by atoms with E-state index in [2.05, 4.69) is 5.32 Å². The lowest BCUT2D eigenvalue weighted by Crippen LogP contribution is -2.55. The van der Waals surface area contributed by atoms with Crippen LogP contribution >= 0.6 is 0 Å². The number of nitrogens with one attached hydrogen (secondary N) is 1. The van der Waals surface area contributed by atoms with Crippen LogP contribution in [0.2, 0.25) is 0 Å². The number of carboxylic acids is 1. The topological polar surface area (TPSA) is 128 Å². The second-order valence-corrected chi connectivity index (χ2v) is 11.6. The van der Waals surface area contributed by atoms with Gasteiger partial charge in [0, 0.05) is 11.6 Å². The number of methoxy groups -OCH3 is 1. The summed E-state index contributed by atoms with van der Waals surface area (Å²) in [4.78, 5) is 44.1. The van der Waals surface area contributed by atoms with Gasteiger partial charge in [-0.25, -0.2) is 9.59 Å². The molecule has 1 aromatic heterocycles. The number of hydrogen-bond donors (Lipinski definition) is 2. The Morgan fingerprint density at radius 3 is 2.29 bits per heavy atom. The number of likely N-dealkylation sites (tertiary alicyclic amines) is 1. The normalized spacial score (nSPS) is 21.9. The molecule has 0 bridgehead atoms. The van der Waals surface area contributed by atoms with Gasteiger partial charge in [-0.2, -0.15) is 0 Å². The lowest BCUT2D eigenvalue weighted by Gasteiger charge is -2.37. The molecule has 10 heteroatoms. The van der Waals surface area contributed by atoms with Gasteiger partial charge in [0.05, 0.1) is 24.6 Å². The number of rotatable bonds is 7. The zero-order valence-corrected chi connectivity index (χ0v) is 25.6. The van der Waals surface area contributed by atoms with Gasteiger partial charge in [-0.05, 0) is 86.8 Å². The number of benzene rings is 3. The molecule has 10 nitrogen and oxygen atoms in total. The maximum Gasteiger partial charge on any atom is 0.330 e. The van der Waals surface area contributed by atoms with Crippen molar-refractivity contribution in [2.45, 2.75) is 45.2 Å². The Balaban J connectivity index is 1.61. The van der Waals surface area contributed by atoms with E-state index in [1.165, 1.54) is 18.9 Å². The standard InChI is InChI=1S/C35H34N2O8/c1-19-7-6-8-24(15-19)36-34(41)37-31(23-11-14-27-28(17-23)44-18-43-27)29(32(38)26-16-20(2)45-21(26)3)30(35(37,4)33(39)40)22-9-12-25(42-5)13-10-22/h6-17,29-31H,18H2,1-5H3,(H,36,41)(H,39,40). The lowest BCUT2D eigenvalue weighted by atomic mass is 9.71. The quantitative estimate of drug-likeness (QED) is 0.223. The van der Waals surface area contributed by atoms with Crippen molar-refractivity contribution in [1.29, 1.82) is 0 Å². The maximum absolute atomic E-state index is 14.8. The monoisotopic (exact) mass is 610 g/mol. The Kier molecular flexibility index (Phi) is 7.52. The van der Waals surface area contributed by atoms with E-state index < -0.39 is 35.4 Å². The highest BCUT2D eigenvalue weighted by atomic mass is 16.7. The summed E-state index contributed by atoms with van der Waals surface area (Å²) in [5, 5.41) is 14.0. The van der Waals surface area contributed by atoms with E-state index in [1.807, 2.05) is 13.0 Å². The Labute approximate surface area is 260 Å². The number of ether oxygens (including phenoxy) is 3. The van der Waals surface area contributed by atoms with Crippen molar-refractivity contribution in [2.75, 3.05) is 19.2 Å². The molecule has 4 atom stereocenters. The molecule has 0 spiro atoms. The van der Waals surface area contributed by atoms with E-state index in [1.54, 1.807) is 80.6 Å². The Hall–Kier alpha value is -5.25. The van der Waals surface area contributed by atoms with Crippen molar-refractivity contribution in [3.63, 3.8) is 0 Å². The van der Waals surface area contributed by atoms with Gasteiger partial charge in [-0.1, -0.05) is 30.3 Å². The molecule has 0 aliphatic carbocycles. The number of Topliss-reactive ketones (excluding diaryl/α,β-unsaturated/α-hetero) is 1. The molecule has 3 heterocycles. The molecule has 232 valence electrons. The summed E-state index contributed by atoms with van der Waals surface area (Å²) in [6.07, 6.45) is 0. The highest BCUT2D eigenvalue weighted by Gasteiger charge is 2.65. The number of carbonyl (C=O) groups excluding carboxylic acids is 2. The van der Waals surface area contributed by atoms with Crippen molar-refractivity contribution in [3.05, 3.63) is 107 Å². The molecule has 2 aliphatic heterocycles. The number of urea groups is 1. The van der Waals surface area contributed by atoms with Gasteiger partial charge in [0.2, 0.25) is 6.79 Å². The average molecular weight is 611 g/mol. The summed E-state index contributed by atoms with van der Waals surface area (Å²) in [5.41, 5.74) is 0.936. The van der Waals surface area contributed by atoms with Crippen LogP contribution in [0.25, 0.3) is 0 Å². The van der Waals surface area contributed by atoms with Gasteiger partial charge < -0.3 is 29.1 Å². The molecule has 4 unspecified atom stereocenters. The van der Waals surface area contributed by atoms with Gasteiger partial charge in [-0.3, -0.25) is 9.69 Å². The van der Waals surface area contributed by atoms with Gasteiger partial charge in [0.1, 0.15) is 22.8 Å². The summed E-state index contributed by atoms with van der Waals surface area (Å²) in [5.74, 6) is -1.14. The highest BCUT2D eigenvalue weighted by molar-refractivity contribution is 6.04. The Bertz CT molecular complexity index is 1800. The minimum atomic E-state index is -1.89. The molecule has 45 heavy (non-hydrogen) atoms. The summed E-state index contributed by atoms with van der Waals surface area (Å²) in [6, 6.07) is 19.3. The van der Waals surface area contributed by atoms with Gasteiger partial charge >= 0.3 is 12.0 Å². The van der Waals surface area contributed by atoms with Crippen LogP contribution in [0.4, 0.5) is 10.5 Å². The predicted molar refractivity (Wildman–Crippen MR) is 165 cm³/mol. The van der Waals surface area contributed by atoms with Crippen molar-refractivity contribution >= 4 is 23.5 Å². The van der Waals surface area contributed by atoms with Crippen LogP contribution in [0.5, 0.6) is 17.2 Å². The second-order valence-electron chi connectivity index (χ2n) is 11.6. The van der Waals surface area contributed by atoms with E-state index in [-0.39, 0.29) is 12.6 Å². The average Bonchev–Trinajstić information content (AvgIpc) is 3.70. The van der Waals surface area contributed by atoms with E-state index in [0.29, 0.717) is 51.1 Å². The number of fused-ring (bicyclic) bond motifs is 1. The summed E-state index contributed by atoms with van der Waals surface area (Å²) >= 11 is 0. The summed E-state index contributed by atoms with van der Waals surface area (Å²) in [7, 11) is 1.54. The second kappa shape index (κ2) is 11.4. The van der Waals surface area contributed by atoms with Crippen LogP contribution < -0.4 is 19.5 Å². The Morgan fingerprint density at radius 1 is 0.933 bits per heavy atom.